The normalized spacial score (nSPS) is 16.8. The molecule has 1 fully saturated rings. The Balaban J connectivity index is 1.77. The van der Waals surface area contributed by atoms with Crippen LogP contribution in [0.4, 0.5) is 0 Å². The Kier molecular flexibility index (Phi) is 7.29. The number of para-hydroxylation sites is 1. The summed E-state index contributed by atoms with van der Waals surface area (Å²) < 4.78 is 16.3. The lowest BCUT2D eigenvalue weighted by molar-refractivity contribution is -0.139. The van der Waals surface area contributed by atoms with Gasteiger partial charge in [-0.3, -0.25) is 9.59 Å². The molecule has 0 aliphatic carbocycles. The second-order valence-corrected chi connectivity index (χ2v) is 8.54. The zero-order chi connectivity index (χ0) is 25.8. The molecule has 0 radical (unpaired) electrons. The zero-order valence-electron chi connectivity index (χ0n) is 20.8. The van der Waals surface area contributed by atoms with Gasteiger partial charge in [-0.1, -0.05) is 54.1 Å². The molecule has 0 spiro atoms. The lowest BCUT2D eigenvalue weighted by atomic mass is 9.94. The molecule has 186 valence electrons. The van der Waals surface area contributed by atoms with E-state index in [0.717, 1.165) is 11.1 Å². The molecule has 7 heteroatoms. The lowest BCUT2D eigenvalue weighted by Crippen LogP contribution is -2.31. The number of aliphatic hydroxyl groups excluding tert-OH is 1. The van der Waals surface area contributed by atoms with Gasteiger partial charge in [0.15, 0.2) is 11.5 Å². The van der Waals surface area contributed by atoms with Crippen LogP contribution in [-0.2, 0) is 16.0 Å². The molecule has 1 saturated heterocycles. The summed E-state index contributed by atoms with van der Waals surface area (Å²) in [5, 5.41) is 11.2. The van der Waals surface area contributed by atoms with Gasteiger partial charge in [0.25, 0.3) is 11.7 Å². The number of amides is 1. The molecule has 1 atom stereocenters. The Hall–Kier alpha value is -4.26. The van der Waals surface area contributed by atoms with E-state index in [2.05, 4.69) is 0 Å². The Morgan fingerprint density at radius 2 is 1.53 bits per heavy atom. The zero-order valence-corrected chi connectivity index (χ0v) is 20.8. The molecule has 3 aromatic rings. The van der Waals surface area contributed by atoms with Crippen LogP contribution in [0.3, 0.4) is 0 Å². The van der Waals surface area contributed by atoms with Gasteiger partial charge in [-0.15, -0.1) is 0 Å². The van der Waals surface area contributed by atoms with E-state index in [1.165, 1.54) is 12.0 Å². The SMILES string of the molecule is COc1ccc(CCN2C(=O)C(=O)C(=C(O)c3ccc(C)cc3)[C@@H]2c2ccccc2OC)cc1OC. The molecule has 1 amide bonds. The monoisotopic (exact) mass is 487 g/mol. The Bertz CT molecular complexity index is 1310. The van der Waals surface area contributed by atoms with Crippen molar-refractivity contribution in [3.05, 3.63) is 94.6 Å². The van der Waals surface area contributed by atoms with E-state index in [0.29, 0.717) is 34.8 Å². The number of ether oxygens (including phenoxy) is 3. The minimum absolute atomic E-state index is 0.0423. The van der Waals surface area contributed by atoms with Crippen molar-refractivity contribution in [3.8, 4) is 17.2 Å². The summed E-state index contributed by atoms with van der Waals surface area (Å²) >= 11 is 0. The minimum atomic E-state index is -0.803. The molecule has 1 aliphatic rings. The number of hydrogen-bond acceptors (Lipinski definition) is 6. The fraction of sp³-hybridized carbons (Fsp3) is 0.241. The van der Waals surface area contributed by atoms with Crippen LogP contribution < -0.4 is 14.2 Å². The molecule has 0 saturated carbocycles. The molecule has 0 unspecified atom stereocenters. The third-order valence-corrected chi connectivity index (χ3v) is 6.39. The molecular weight excluding hydrogens is 458 g/mol. The van der Waals surface area contributed by atoms with Crippen molar-refractivity contribution < 1.29 is 28.9 Å². The highest BCUT2D eigenvalue weighted by Crippen LogP contribution is 2.42. The fourth-order valence-electron chi connectivity index (χ4n) is 4.48. The van der Waals surface area contributed by atoms with Crippen LogP contribution in [0.5, 0.6) is 17.2 Å². The van der Waals surface area contributed by atoms with Gasteiger partial charge in [0.1, 0.15) is 11.5 Å². The quantitative estimate of drug-likeness (QED) is 0.282. The first-order valence-electron chi connectivity index (χ1n) is 11.6. The van der Waals surface area contributed by atoms with E-state index in [4.69, 9.17) is 14.2 Å². The third-order valence-electron chi connectivity index (χ3n) is 6.39. The highest BCUT2D eigenvalue weighted by Gasteiger charge is 2.46. The summed E-state index contributed by atoms with van der Waals surface area (Å²) in [6.07, 6.45) is 0.462. The predicted octanol–water partition coefficient (Wildman–Crippen LogP) is 4.69. The van der Waals surface area contributed by atoms with Crippen LogP contribution >= 0.6 is 0 Å². The molecule has 1 heterocycles. The maximum absolute atomic E-state index is 13.3. The van der Waals surface area contributed by atoms with Gasteiger partial charge in [-0.2, -0.15) is 0 Å². The Labute approximate surface area is 210 Å². The summed E-state index contributed by atoms with van der Waals surface area (Å²) in [5.41, 5.74) is 3.06. The second-order valence-electron chi connectivity index (χ2n) is 8.54. The molecule has 36 heavy (non-hydrogen) atoms. The number of methoxy groups -OCH3 is 3. The van der Waals surface area contributed by atoms with Crippen molar-refractivity contribution in [2.75, 3.05) is 27.9 Å². The predicted molar refractivity (Wildman–Crippen MR) is 136 cm³/mol. The van der Waals surface area contributed by atoms with E-state index in [1.54, 1.807) is 44.6 Å². The number of hydrogen-bond donors (Lipinski definition) is 1. The average molecular weight is 488 g/mol. The third kappa shape index (κ3) is 4.64. The number of carbonyl (C=O) groups excluding carboxylic acids is 2. The van der Waals surface area contributed by atoms with E-state index in [-0.39, 0.29) is 17.9 Å². The van der Waals surface area contributed by atoms with Crippen LogP contribution in [0.15, 0.2) is 72.3 Å². The Morgan fingerprint density at radius 1 is 0.861 bits per heavy atom. The molecule has 3 aromatic carbocycles. The number of nitrogens with zero attached hydrogens (tertiary/aromatic N) is 1. The molecule has 0 aromatic heterocycles. The molecule has 1 N–H and O–H groups in total. The second kappa shape index (κ2) is 10.6. The number of benzene rings is 3. The average Bonchev–Trinajstić information content (AvgIpc) is 3.16. The van der Waals surface area contributed by atoms with Crippen molar-refractivity contribution >= 4 is 17.4 Å². The number of ketones is 1. The van der Waals surface area contributed by atoms with Crippen molar-refractivity contribution in [3.63, 3.8) is 0 Å². The lowest BCUT2D eigenvalue weighted by Gasteiger charge is -2.26. The van der Waals surface area contributed by atoms with Crippen molar-refractivity contribution in [2.45, 2.75) is 19.4 Å². The van der Waals surface area contributed by atoms with Gasteiger partial charge < -0.3 is 24.2 Å². The van der Waals surface area contributed by atoms with Gasteiger partial charge in [0.2, 0.25) is 0 Å². The topological polar surface area (TPSA) is 85.3 Å². The van der Waals surface area contributed by atoms with Crippen LogP contribution in [0, 0.1) is 6.92 Å². The minimum Gasteiger partial charge on any atom is -0.507 e. The summed E-state index contributed by atoms with van der Waals surface area (Å²) in [5.74, 6) is 0.107. The van der Waals surface area contributed by atoms with Gasteiger partial charge in [0, 0.05) is 17.7 Å². The first kappa shape index (κ1) is 24.9. The summed E-state index contributed by atoms with van der Waals surface area (Å²) in [6.45, 7) is 2.18. The summed E-state index contributed by atoms with van der Waals surface area (Å²) in [6, 6.07) is 19.1. The molecule has 0 bridgehead atoms. The fourth-order valence-corrected chi connectivity index (χ4v) is 4.48. The summed E-state index contributed by atoms with van der Waals surface area (Å²) in [7, 11) is 4.67. The highest BCUT2D eigenvalue weighted by molar-refractivity contribution is 6.46. The summed E-state index contributed by atoms with van der Waals surface area (Å²) in [4.78, 5) is 28.1. The Morgan fingerprint density at radius 3 is 2.19 bits per heavy atom. The van der Waals surface area contributed by atoms with Crippen LogP contribution in [0.1, 0.15) is 28.3 Å². The van der Waals surface area contributed by atoms with Crippen molar-refractivity contribution in [1.29, 1.82) is 0 Å². The number of rotatable bonds is 8. The molecular formula is C29H29NO6. The first-order valence-corrected chi connectivity index (χ1v) is 11.6. The number of carbonyl (C=O) groups is 2. The van der Waals surface area contributed by atoms with Crippen molar-refractivity contribution in [1.82, 2.24) is 4.90 Å². The van der Waals surface area contributed by atoms with Gasteiger partial charge in [0.05, 0.1) is 32.9 Å². The molecule has 4 rings (SSSR count). The van der Waals surface area contributed by atoms with E-state index < -0.39 is 17.7 Å². The van der Waals surface area contributed by atoms with Crippen molar-refractivity contribution in [2.24, 2.45) is 0 Å². The number of Topliss-reactive ketones (excluding diaryl/α,β-unsaturated/α-hetero) is 1. The number of aryl methyl sites for hydroxylation is 1. The van der Waals surface area contributed by atoms with Gasteiger partial charge in [-0.05, 0) is 37.1 Å². The standard InChI is InChI=1S/C29H29NO6/c1-18-9-12-20(13-10-18)27(31)25-26(21-7-5-6-8-22(21)34-2)30(29(33)28(25)32)16-15-19-11-14-23(35-3)24(17-19)36-4/h5-14,17,26,31H,15-16H2,1-4H3/t26-/m0/s1. The van der Waals surface area contributed by atoms with E-state index in [1.807, 2.05) is 43.3 Å². The highest BCUT2D eigenvalue weighted by atomic mass is 16.5. The molecule has 7 nitrogen and oxygen atoms in total. The molecule has 1 aliphatic heterocycles. The van der Waals surface area contributed by atoms with Crippen LogP contribution in [0.25, 0.3) is 5.76 Å². The van der Waals surface area contributed by atoms with E-state index in [9.17, 15) is 14.7 Å². The number of likely N-dealkylation sites (tertiary alicyclic amines) is 1. The maximum atomic E-state index is 13.3. The van der Waals surface area contributed by atoms with Crippen LogP contribution in [-0.4, -0.2) is 49.6 Å². The largest absolute Gasteiger partial charge is 0.507 e. The van der Waals surface area contributed by atoms with Gasteiger partial charge in [-0.25, -0.2) is 0 Å². The maximum Gasteiger partial charge on any atom is 0.295 e. The smallest absolute Gasteiger partial charge is 0.295 e. The first-order chi connectivity index (χ1) is 17.4. The van der Waals surface area contributed by atoms with E-state index >= 15 is 0 Å². The van der Waals surface area contributed by atoms with Gasteiger partial charge >= 0.3 is 0 Å². The number of aliphatic hydroxyl groups is 1. The van der Waals surface area contributed by atoms with Crippen LogP contribution in [0.2, 0.25) is 0 Å².